The van der Waals surface area contributed by atoms with E-state index in [-0.39, 0.29) is 11.8 Å². The molecule has 1 aliphatic rings. The number of amides is 2. The van der Waals surface area contributed by atoms with Crippen LogP contribution < -0.4 is 15.1 Å². The van der Waals surface area contributed by atoms with Gasteiger partial charge in [-0.2, -0.15) is 0 Å². The summed E-state index contributed by atoms with van der Waals surface area (Å²) in [4.78, 5) is 30.4. The zero-order valence-corrected chi connectivity index (χ0v) is 20.8. The van der Waals surface area contributed by atoms with Crippen LogP contribution in [0.2, 0.25) is 0 Å². The van der Waals surface area contributed by atoms with Crippen molar-refractivity contribution in [3.8, 4) is 11.1 Å². The molecule has 186 valence electrons. The van der Waals surface area contributed by atoms with Crippen LogP contribution in [0.1, 0.15) is 20.7 Å². The molecule has 6 heteroatoms. The Morgan fingerprint density at radius 3 is 2.19 bits per heavy atom. The summed E-state index contributed by atoms with van der Waals surface area (Å²) >= 11 is 0. The summed E-state index contributed by atoms with van der Waals surface area (Å²) < 4.78 is 5.48. The molecule has 0 unspecified atom stereocenters. The van der Waals surface area contributed by atoms with Gasteiger partial charge in [-0.1, -0.05) is 60.7 Å². The van der Waals surface area contributed by atoms with E-state index in [0.29, 0.717) is 30.0 Å². The second-order valence-electron chi connectivity index (χ2n) is 8.90. The average Bonchev–Trinajstić information content (AvgIpc) is 2.97. The number of benzene rings is 4. The van der Waals surface area contributed by atoms with E-state index in [0.717, 1.165) is 35.6 Å². The van der Waals surface area contributed by atoms with E-state index in [1.807, 2.05) is 78.9 Å². The molecule has 4 aromatic carbocycles. The van der Waals surface area contributed by atoms with Gasteiger partial charge in [0.05, 0.1) is 24.6 Å². The van der Waals surface area contributed by atoms with Crippen molar-refractivity contribution in [3.63, 3.8) is 0 Å². The number of para-hydroxylation sites is 2. The standard InChI is InChI=1S/C31H29N3O3/c1-33(28-13-7-8-14-29(28)34-19-21-37-22-20-34)31(36)24-15-17-25(18-16-24)32-30(35)27-12-6-5-11-26(27)23-9-3-2-4-10-23/h2-18H,19-22H2,1H3,(H,32,35). The Hall–Kier alpha value is -4.42. The molecule has 0 aromatic heterocycles. The van der Waals surface area contributed by atoms with Crippen LogP contribution in [0.15, 0.2) is 103 Å². The lowest BCUT2D eigenvalue weighted by Gasteiger charge is -2.32. The van der Waals surface area contributed by atoms with Crippen LogP contribution in [0.4, 0.5) is 17.1 Å². The molecule has 0 aliphatic carbocycles. The summed E-state index contributed by atoms with van der Waals surface area (Å²) in [5, 5.41) is 2.97. The molecule has 1 fully saturated rings. The lowest BCUT2D eigenvalue weighted by atomic mass is 9.99. The molecule has 0 spiro atoms. The molecule has 0 bridgehead atoms. The molecule has 1 N–H and O–H groups in total. The van der Waals surface area contributed by atoms with Gasteiger partial charge >= 0.3 is 0 Å². The van der Waals surface area contributed by atoms with Gasteiger partial charge in [0, 0.05) is 37.0 Å². The van der Waals surface area contributed by atoms with Crippen LogP contribution in [0.5, 0.6) is 0 Å². The summed E-state index contributed by atoms with van der Waals surface area (Å²) in [6.45, 7) is 2.94. The largest absolute Gasteiger partial charge is 0.378 e. The highest BCUT2D eigenvalue weighted by atomic mass is 16.5. The van der Waals surface area contributed by atoms with E-state index in [9.17, 15) is 9.59 Å². The van der Waals surface area contributed by atoms with Crippen molar-refractivity contribution >= 4 is 28.9 Å². The van der Waals surface area contributed by atoms with Gasteiger partial charge in [-0.15, -0.1) is 0 Å². The van der Waals surface area contributed by atoms with Crippen molar-refractivity contribution in [2.75, 3.05) is 48.5 Å². The second kappa shape index (κ2) is 11.1. The van der Waals surface area contributed by atoms with Crippen molar-refractivity contribution in [1.82, 2.24) is 0 Å². The second-order valence-corrected chi connectivity index (χ2v) is 8.90. The monoisotopic (exact) mass is 491 g/mol. The first-order valence-electron chi connectivity index (χ1n) is 12.4. The first-order chi connectivity index (χ1) is 18.1. The van der Waals surface area contributed by atoms with Crippen LogP contribution in [0.25, 0.3) is 11.1 Å². The van der Waals surface area contributed by atoms with E-state index in [2.05, 4.69) is 10.2 Å². The predicted molar refractivity (Wildman–Crippen MR) is 148 cm³/mol. The average molecular weight is 492 g/mol. The highest BCUT2D eigenvalue weighted by molar-refractivity contribution is 6.10. The van der Waals surface area contributed by atoms with E-state index in [1.54, 1.807) is 36.2 Å². The Balaban J connectivity index is 1.31. The van der Waals surface area contributed by atoms with E-state index >= 15 is 0 Å². The Kier molecular flexibility index (Phi) is 7.28. The van der Waals surface area contributed by atoms with Crippen LogP contribution in [-0.2, 0) is 4.74 Å². The molecule has 1 aliphatic heterocycles. The van der Waals surface area contributed by atoms with Gasteiger partial charge in [0.15, 0.2) is 0 Å². The van der Waals surface area contributed by atoms with Crippen LogP contribution in [0.3, 0.4) is 0 Å². The quantitative estimate of drug-likeness (QED) is 0.375. The third-order valence-electron chi connectivity index (χ3n) is 6.55. The number of hydrogen-bond donors (Lipinski definition) is 1. The smallest absolute Gasteiger partial charge is 0.258 e. The molecule has 1 heterocycles. The summed E-state index contributed by atoms with van der Waals surface area (Å²) in [5.74, 6) is -0.317. The number of carbonyl (C=O) groups is 2. The minimum Gasteiger partial charge on any atom is -0.378 e. The number of nitrogens with zero attached hydrogens (tertiary/aromatic N) is 2. The zero-order valence-electron chi connectivity index (χ0n) is 20.8. The van der Waals surface area contributed by atoms with E-state index < -0.39 is 0 Å². The summed E-state index contributed by atoms with van der Waals surface area (Å²) in [5.41, 5.74) is 5.48. The lowest BCUT2D eigenvalue weighted by Crippen LogP contribution is -2.38. The highest BCUT2D eigenvalue weighted by Gasteiger charge is 2.21. The number of rotatable bonds is 6. The van der Waals surface area contributed by atoms with E-state index in [1.165, 1.54) is 0 Å². The van der Waals surface area contributed by atoms with Gasteiger partial charge in [0.25, 0.3) is 11.8 Å². The Bertz CT molecular complexity index is 1380. The number of anilines is 3. The maximum absolute atomic E-state index is 13.3. The zero-order chi connectivity index (χ0) is 25.6. The first kappa shape index (κ1) is 24.3. The molecule has 0 radical (unpaired) electrons. The van der Waals surface area contributed by atoms with Crippen LogP contribution in [-0.4, -0.2) is 45.2 Å². The van der Waals surface area contributed by atoms with Gasteiger partial charge in [-0.05, 0) is 53.6 Å². The molecule has 2 amide bonds. The Morgan fingerprint density at radius 1 is 0.784 bits per heavy atom. The van der Waals surface area contributed by atoms with Crippen LogP contribution in [0, 0.1) is 0 Å². The van der Waals surface area contributed by atoms with Gasteiger partial charge in [-0.25, -0.2) is 0 Å². The minimum atomic E-state index is -0.199. The fourth-order valence-corrected chi connectivity index (χ4v) is 4.57. The Labute approximate surface area is 217 Å². The number of ether oxygens (including phenoxy) is 1. The van der Waals surface area contributed by atoms with Gasteiger partial charge in [0.1, 0.15) is 0 Å². The number of morpholine rings is 1. The third kappa shape index (κ3) is 5.39. The first-order valence-corrected chi connectivity index (χ1v) is 12.4. The molecule has 1 saturated heterocycles. The minimum absolute atomic E-state index is 0.118. The SMILES string of the molecule is CN(C(=O)c1ccc(NC(=O)c2ccccc2-c2ccccc2)cc1)c1ccccc1N1CCOCC1. The number of carbonyl (C=O) groups excluding carboxylic acids is 2. The molecule has 0 atom stereocenters. The predicted octanol–water partition coefficient (Wildman–Crippen LogP) is 5.72. The van der Waals surface area contributed by atoms with Crippen molar-refractivity contribution in [2.45, 2.75) is 0 Å². The summed E-state index contributed by atoms with van der Waals surface area (Å²) in [6.07, 6.45) is 0. The van der Waals surface area contributed by atoms with Gasteiger partial charge in [-0.3, -0.25) is 9.59 Å². The third-order valence-corrected chi connectivity index (χ3v) is 6.55. The lowest BCUT2D eigenvalue weighted by molar-refractivity contribution is 0.0991. The molecule has 4 aromatic rings. The fraction of sp³-hybridized carbons (Fsp3) is 0.161. The Morgan fingerprint density at radius 2 is 1.43 bits per heavy atom. The summed E-state index contributed by atoms with van der Waals surface area (Å²) in [7, 11) is 1.79. The van der Waals surface area contributed by atoms with Gasteiger partial charge in [0.2, 0.25) is 0 Å². The van der Waals surface area contributed by atoms with E-state index in [4.69, 9.17) is 4.74 Å². The molecule has 6 nitrogen and oxygen atoms in total. The van der Waals surface area contributed by atoms with Crippen molar-refractivity contribution in [3.05, 3.63) is 114 Å². The highest BCUT2D eigenvalue weighted by Crippen LogP contribution is 2.30. The molecule has 5 rings (SSSR count). The van der Waals surface area contributed by atoms with Gasteiger partial charge < -0.3 is 19.9 Å². The molecular weight excluding hydrogens is 462 g/mol. The topological polar surface area (TPSA) is 61.9 Å². The van der Waals surface area contributed by atoms with Crippen LogP contribution >= 0.6 is 0 Å². The van der Waals surface area contributed by atoms with Crippen molar-refractivity contribution in [1.29, 1.82) is 0 Å². The maximum Gasteiger partial charge on any atom is 0.258 e. The fourth-order valence-electron chi connectivity index (χ4n) is 4.57. The molecule has 0 saturated carbocycles. The normalized spacial score (nSPS) is 13.2. The van der Waals surface area contributed by atoms with Crippen molar-refractivity contribution < 1.29 is 14.3 Å². The number of hydrogen-bond acceptors (Lipinski definition) is 4. The number of nitrogens with one attached hydrogen (secondary N) is 1. The molecular formula is C31H29N3O3. The van der Waals surface area contributed by atoms with Crippen molar-refractivity contribution in [2.24, 2.45) is 0 Å². The summed E-state index contributed by atoms with van der Waals surface area (Å²) in [6, 6.07) is 32.3. The molecule has 37 heavy (non-hydrogen) atoms. The maximum atomic E-state index is 13.3.